The van der Waals surface area contributed by atoms with E-state index in [4.69, 9.17) is 0 Å². The fourth-order valence-electron chi connectivity index (χ4n) is 2.18. The molecule has 126 valence electrons. The van der Waals surface area contributed by atoms with Crippen LogP contribution in [0.1, 0.15) is 19.4 Å². The van der Waals surface area contributed by atoms with Gasteiger partial charge in [-0.05, 0) is 32.0 Å². The second kappa shape index (κ2) is 4.95. The Labute approximate surface area is 130 Å². The lowest BCUT2D eigenvalue weighted by Crippen LogP contribution is -2.40. The largest absolute Gasteiger partial charge is 0.417 e. The smallest absolute Gasteiger partial charge is 0.323 e. The van der Waals surface area contributed by atoms with E-state index in [1.165, 1.54) is 13.8 Å². The molecule has 0 aliphatic carbocycles. The second-order valence-corrected chi connectivity index (χ2v) is 7.63. The molecule has 23 heavy (non-hydrogen) atoms. The average Bonchev–Trinajstić information content (AvgIpc) is 2.55. The van der Waals surface area contributed by atoms with Crippen LogP contribution in [-0.4, -0.2) is 32.2 Å². The molecule has 10 heteroatoms. The highest BCUT2D eigenvalue weighted by Gasteiger charge is 2.46. The number of halogens is 3. The maximum absolute atomic E-state index is 13.1. The van der Waals surface area contributed by atoms with E-state index in [2.05, 4.69) is 5.32 Å². The molecule has 0 unspecified atom stereocenters. The van der Waals surface area contributed by atoms with E-state index in [0.29, 0.717) is 17.2 Å². The van der Waals surface area contributed by atoms with Crippen LogP contribution < -0.4 is 10.2 Å². The SMILES string of the molecule is CC1(C)NC(=O)N(c2ccc(S(C)(=O)=O)c(C(F)(F)F)c2)C1=O. The number of carbonyl (C=O) groups is 2. The zero-order valence-electron chi connectivity index (χ0n) is 12.4. The van der Waals surface area contributed by atoms with E-state index in [9.17, 15) is 31.2 Å². The Morgan fingerprint density at radius 1 is 1.17 bits per heavy atom. The minimum Gasteiger partial charge on any atom is -0.323 e. The van der Waals surface area contributed by atoms with Gasteiger partial charge in [0.2, 0.25) is 0 Å². The Hall–Kier alpha value is -2.10. The van der Waals surface area contributed by atoms with Crippen molar-refractivity contribution in [1.82, 2.24) is 5.32 Å². The normalized spacial score (nSPS) is 18.3. The maximum atomic E-state index is 13.1. The Morgan fingerprint density at radius 2 is 1.74 bits per heavy atom. The van der Waals surface area contributed by atoms with Crippen LogP contribution in [0.25, 0.3) is 0 Å². The van der Waals surface area contributed by atoms with Gasteiger partial charge >= 0.3 is 12.2 Å². The van der Waals surface area contributed by atoms with Gasteiger partial charge in [-0.3, -0.25) is 4.79 Å². The molecule has 1 aromatic carbocycles. The molecule has 2 rings (SSSR count). The van der Waals surface area contributed by atoms with Crippen molar-refractivity contribution in [2.45, 2.75) is 30.5 Å². The zero-order chi connectivity index (χ0) is 17.8. The van der Waals surface area contributed by atoms with Crippen molar-refractivity contribution in [2.24, 2.45) is 0 Å². The third-order valence-electron chi connectivity index (χ3n) is 3.29. The van der Waals surface area contributed by atoms with Crippen LogP contribution >= 0.6 is 0 Å². The molecule has 0 radical (unpaired) electrons. The van der Waals surface area contributed by atoms with Crippen molar-refractivity contribution in [1.29, 1.82) is 0 Å². The Bertz CT molecular complexity index is 800. The van der Waals surface area contributed by atoms with Crippen LogP contribution in [-0.2, 0) is 20.8 Å². The van der Waals surface area contributed by atoms with E-state index in [0.717, 1.165) is 12.1 Å². The van der Waals surface area contributed by atoms with Crippen LogP contribution in [0.2, 0.25) is 0 Å². The number of rotatable bonds is 2. The molecule has 1 heterocycles. The summed E-state index contributed by atoms with van der Waals surface area (Å²) in [6.45, 7) is 2.81. The Kier molecular flexibility index (Phi) is 3.71. The molecule has 0 spiro atoms. The summed E-state index contributed by atoms with van der Waals surface area (Å²) < 4.78 is 62.4. The number of alkyl halides is 3. The van der Waals surface area contributed by atoms with Crippen molar-refractivity contribution >= 4 is 27.5 Å². The summed E-state index contributed by atoms with van der Waals surface area (Å²) in [7, 11) is -4.13. The summed E-state index contributed by atoms with van der Waals surface area (Å²) in [5.74, 6) is -0.734. The predicted octanol–water partition coefficient (Wildman–Crippen LogP) is 1.94. The van der Waals surface area contributed by atoms with Crippen LogP contribution in [0, 0.1) is 0 Å². The number of sulfone groups is 1. The molecule has 1 aliphatic heterocycles. The molecule has 0 atom stereocenters. The Morgan fingerprint density at radius 3 is 2.13 bits per heavy atom. The highest BCUT2D eigenvalue weighted by atomic mass is 32.2. The standard InChI is InChI=1S/C13H13F3N2O4S/c1-12(2)10(19)18(11(20)17-12)7-4-5-9(23(3,21)22)8(6-7)13(14,15)16/h4-6H,1-3H3,(H,17,20). The number of hydrogen-bond donors (Lipinski definition) is 1. The van der Waals surface area contributed by atoms with Crippen molar-refractivity contribution in [3.63, 3.8) is 0 Å². The highest BCUT2D eigenvalue weighted by molar-refractivity contribution is 7.90. The van der Waals surface area contributed by atoms with E-state index >= 15 is 0 Å². The first kappa shape index (κ1) is 17.3. The van der Waals surface area contributed by atoms with Gasteiger partial charge in [0.05, 0.1) is 16.1 Å². The number of urea groups is 1. The van der Waals surface area contributed by atoms with Gasteiger partial charge in [-0.25, -0.2) is 18.1 Å². The number of amides is 3. The monoisotopic (exact) mass is 350 g/mol. The van der Waals surface area contributed by atoms with Gasteiger partial charge in [-0.2, -0.15) is 13.2 Å². The van der Waals surface area contributed by atoms with E-state index in [1.807, 2.05) is 0 Å². The molecular formula is C13H13F3N2O4S. The molecule has 0 aromatic heterocycles. The summed E-state index contributed by atoms with van der Waals surface area (Å²) in [4.78, 5) is 23.6. The summed E-state index contributed by atoms with van der Waals surface area (Å²) in [6, 6.07) is 1.33. The van der Waals surface area contributed by atoms with E-state index in [-0.39, 0.29) is 5.69 Å². The zero-order valence-corrected chi connectivity index (χ0v) is 13.2. The lowest BCUT2D eigenvalue weighted by molar-refractivity contribution is -0.139. The first-order chi connectivity index (χ1) is 10.2. The van der Waals surface area contributed by atoms with Crippen molar-refractivity contribution in [3.8, 4) is 0 Å². The van der Waals surface area contributed by atoms with E-state index < -0.39 is 43.9 Å². The third-order valence-corrected chi connectivity index (χ3v) is 4.44. The van der Waals surface area contributed by atoms with Gasteiger partial charge in [0.1, 0.15) is 5.54 Å². The number of imide groups is 1. The minimum absolute atomic E-state index is 0.349. The van der Waals surface area contributed by atoms with Crippen molar-refractivity contribution in [2.75, 3.05) is 11.2 Å². The van der Waals surface area contributed by atoms with Gasteiger partial charge in [0.15, 0.2) is 9.84 Å². The topological polar surface area (TPSA) is 83.6 Å². The van der Waals surface area contributed by atoms with Gasteiger partial charge in [-0.15, -0.1) is 0 Å². The summed E-state index contributed by atoms with van der Waals surface area (Å²) >= 11 is 0. The predicted molar refractivity (Wildman–Crippen MR) is 74.7 cm³/mol. The number of anilines is 1. The van der Waals surface area contributed by atoms with Crippen LogP contribution in [0.3, 0.4) is 0 Å². The number of nitrogens with one attached hydrogen (secondary N) is 1. The summed E-state index contributed by atoms with van der Waals surface area (Å²) in [5.41, 5.74) is -3.04. The number of carbonyl (C=O) groups excluding carboxylic acids is 2. The van der Waals surface area contributed by atoms with Gasteiger partial charge in [0.25, 0.3) is 5.91 Å². The molecule has 0 saturated carbocycles. The number of hydrogen-bond acceptors (Lipinski definition) is 4. The molecule has 1 N–H and O–H groups in total. The molecule has 6 nitrogen and oxygen atoms in total. The first-order valence-corrected chi connectivity index (χ1v) is 8.22. The summed E-state index contributed by atoms with van der Waals surface area (Å²) in [6.07, 6.45) is -4.31. The Balaban J connectivity index is 2.64. The van der Waals surface area contributed by atoms with Gasteiger partial charge in [-0.1, -0.05) is 0 Å². The molecule has 1 saturated heterocycles. The molecule has 3 amide bonds. The van der Waals surface area contributed by atoms with Gasteiger partial charge in [0, 0.05) is 6.26 Å². The van der Waals surface area contributed by atoms with Crippen LogP contribution in [0.4, 0.5) is 23.7 Å². The quantitative estimate of drug-likeness (QED) is 0.827. The fourth-order valence-corrected chi connectivity index (χ4v) is 3.07. The van der Waals surface area contributed by atoms with Crippen LogP contribution in [0.5, 0.6) is 0 Å². The lowest BCUT2D eigenvalue weighted by atomic mass is 10.1. The third kappa shape index (κ3) is 3.03. The van der Waals surface area contributed by atoms with E-state index in [1.54, 1.807) is 0 Å². The van der Waals surface area contributed by atoms with Crippen LogP contribution in [0.15, 0.2) is 23.1 Å². The second-order valence-electron chi connectivity index (χ2n) is 5.65. The molecule has 1 fully saturated rings. The number of benzene rings is 1. The maximum Gasteiger partial charge on any atom is 0.417 e. The van der Waals surface area contributed by atoms with Crippen molar-refractivity contribution in [3.05, 3.63) is 23.8 Å². The molecule has 1 aromatic rings. The molecule has 1 aliphatic rings. The summed E-state index contributed by atoms with van der Waals surface area (Å²) in [5, 5.41) is 2.33. The average molecular weight is 350 g/mol. The molecule has 0 bridgehead atoms. The lowest BCUT2D eigenvalue weighted by Gasteiger charge is -2.18. The fraction of sp³-hybridized carbons (Fsp3) is 0.385. The van der Waals surface area contributed by atoms with Gasteiger partial charge < -0.3 is 5.32 Å². The first-order valence-electron chi connectivity index (χ1n) is 6.33. The number of nitrogens with zero attached hydrogens (tertiary/aromatic N) is 1. The highest BCUT2D eigenvalue weighted by Crippen LogP contribution is 2.37. The van der Waals surface area contributed by atoms with Crippen molar-refractivity contribution < 1.29 is 31.2 Å². The minimum atomic E-state index is -4.96. The molecular weight excluding hydrogens is 337 g/mol.